The van der Waals surface area contributed by atoms with Gasteiger partial charge in [-0.2, -0.15) is 0 Å². The van der Waals surface area contributed by atoms with Gasteiger partial charge < -0.3 is 14.6 Å². The van der Waals surface area contributed by atoms with Crippen LogP contribution >= 0.6 is 0 Å². The van der Waals surface area contributed by atoms with E-state index in [0.717, 1.165) is 0 Å². The Kier molecular flexibility index (Phi) is 5.36. The summed E-state index contributed by atoms with van der Waals surface area (Å²) in [6, 6.07) is 9.08. The van der Waals surface area contributed by atoms with E-state index in [1.54, 1.807) is 32.9 Å². The number of hydrogen-bond donors (Lipinski definition) is 2. The minimum atomic E-state index is -0.820. The summed E-state index contributed by atoms with van der Waals surface area (Å²) >= 11 is 0. The van der Waals surface area contributed by atoms with E-state index in [0.29, 0.717) is 5.56 Å². The lowest BCUT2D eigenvalue weighted by atomic mass is 9.89. The Bertz CT molecular complexity index is 998. The largest absolute Gasteiger partial charge is 0.508 e. The van der Waals surface area contributed by atoms with E-state index >= 15 is 4.39 Å². The number of nitrogens with zero attached hydrogens (tertiary/aromatic N) is 1. The van der Waals surface area contributed by atoms with Gasteiger partial charge in [0.05, 0.1) is 17.8 Å². The molecule has 0 saturated carbocycles. The Morgan fingerprint density at radius 3 is 2.63 bits per heavy atom. The van der Waals surface area contributed by atoms with Crippen LogP contribution in [0.2, 0.25) is 0 Å². The number of rotatable bonds is 3. The average Bonchev–Trinajstić information content (AvgIpc) is 2.59. The highest BCUT2D eigenvalue weighted by molar-refractivity contribution is 5.85. The van der Waals surface area contributed by atoms with Crippen molar-refractivity contribution in [3.05, 3.63) is 53.3 Å². The van der Waals surface area contributed by atoms with Crippen LogP contribution in [0.25, 0.3) is 0 Å². The van der Waals surface area contributed by atoms with Crippen molar-refractivity contribution in [2.75, 3.05) is 5.32 Å². The first-order valence-electron chi connectivity index (χ1n) is 9.49. The molecule has 1 heterocycles. The van der Waals surface area contributed by atoms with Crippen molar-refractivity contribution in [3.63, 3.8) is 0 Å². The molecule has 0 saturated heterocycles. The summed E-state index contributed by atoms with van der Waals surface area (Å²) in [7, 11) is 0. The van der Waals surface area contributed by atoms with Gasteiger partial charge in [-0.1, -0.05) is 12.1 Å². The Morgan fingerprint density at radius 1 is 1.27 bits per heavy atom. The zero-order chi connectivity index (χ0) is 22.3. The molecule has 0 bridgehead atoms. The number of amides is 2. The molecule has 2 N–H and O–H groups in total. The Morgan fingerprint density at radius 2 is 1.97 bits per heavy atom. The van der Waals surface area contributed by atoms with E-state index in [4.69, 9.17) is 9.47 Å². The van der Waals surface area contributed by atoms with Crippen LogP contribution in [0.5, 0.6) is 11.5 Å². The van der Waals surface area contributed by atoms with Crippen LogP contribution < -0.4 is 10.1 Å². The monoisotopic (exact) mass is 416 g/mol. The van der Waals surface area contributed by atoms with Crippen molar-refractivity contribution in [1.82, 2.24) is 4.90 Å². The molecular weight excluding hydrogens is 391 g/mol. The maximum atomic E-state index is 15.1. The average molecular weight is 416 g/mol. The van der Waals surface area contributed by atoms with Gasteiger partial charge in [0, 0.05) is 17.2 Å². The standard InChI is InChI=1S/C22H25FN2O5/c1-21(2,3)30-19(27)24-16-8-6-7-13(18(16)23)12-25-20(28)29-17-11-14(26)9-10-15(17)22(25,4)5/h6-11,26H,12H2,1-5H3,(H,24,27). The molecule has 1 aliphatic heterocycles. The van der Waals surface area contributed by atoms with E-state index in [1.165, 1.54) is 29.2 Å². The van der Waals surface area contributed by atoms with Gasteiger partial charge in [-0.3, -0.25) is 10.2 Å². The third-order valence-electron chi connectivity index (χ3n) is 4.76. The van der Waals surface area contributed by atoms with Gasteiger partial charge >= 0.3 is 12.2 Å². The second-order valence-corrected chi connectivity index (χ2v) is 8.60. The molecule has 3 rings (SSSR count). The van der Waals surface area contributed by atoms with Crippen LogP contribution in [-0.4, -0.2) is 27.8 Å². The van der Waals surface area contributed by atoms with Gasteiger partial charge in [0.2, 0.25) is 0 Å². The van der Waals surface area contributed by atoms with Crippen LogP contribution in [0.4, 0.5) is 19.7 Å². The van der Waals surface area contributed by atoms with Crippen LogP contribution in [0.15, 0.2) is 36.4 Å². The van der Waals surface area contributed by atoms with Crippen LogP contribution in [-0.2, 0) is 16.8 Å². The summed E-state index contributed by atoms with van der Waals surface area (Å²) in [6.45, 7) is 8.67. The zero-order valence-corrected chi connectivity index (χ0v) is 17.6. The molecular formula is C22H25FN2O5. The summed E-state index contributed by atoms with van der Waals surface area (Å²) in [4.78, 5) is 26.0. The van der Waals surface area contributed by atoms with Gasteiger partial charge in [-0.05, 0) is 52.8 Å². The number of carbonyl (C=O) groups is 2. The SMILES string of the molecule is CC(C)(C)OC(=O)Nc1cccc(CN2C(=O)Oc3cc(O)ccc3C2(C)C)c1F. The normalized spacial score (nSPS) is 15.3. The maximum absolute atomic E-state index is 15.1. The maximum Gasteiger partial charge on any atom is 0.416 e. The smallest absolute Gasteiger partial charge is 0.416 e. The van der Waals surface area contributed by atoms with Crippen molar-refractivity contribution in [2.45, 2.75) is 52.3 Å². The van der Waals surface area contributed by atoms with Crippen molar-refractivity contribution >= 4 is 17.9 Å². The lowest BCUT2D eigenvalue weighted by Crippen LogP contribution is -2.50. The quantitative estimate of drug-likeness (QED) is 0.724. The van der Waals surface area contributed by atoms with E-state index in [9.17, 15) is 14.7 Å². The lowest BCUT2D eigenvalue weighted by molar-refractivity contribution is 0.0633. The van der Waals surface area contributed by atoms with Crippen LogP contribution in [0, 0.1) is 5.82 Å². The molecule has 0 atom stereocenters. The van der Waals surface area contributed by atoms with Gasteiger partial charge in [0.25, 0.3) is 0 Å². The number of nitrogens with one attached hydrogen (secondary N) is 1. The number of hydrogen-bond acceptors (Lipinski definition) is 5. The number of fused-ring (bicyclic) bond motifs is 1. The van der Waals surface area contributed by atoms with Crippen molar-refractivity contribution < 1.29 is 28.6 Å². The van der Waals surface area contributed by atoms with Gasteiger partial charge in [-0.15, -0.1) is 0 Å². The Hall–Kier alpha value is -3.29. The zero-order valence-electron chi connectivity index (χ0n) is 17.6. The van der Waals surface area contributed by atoms with E-state index in [1.807, 2.05) is 13.8 Å². The van der Waals surface area contributed by atoms with Gasteiger partial charge in [-0.25, -0.2) is 14.0 Å². The molecule has 0 aliphatic carbocycles. The lowest BCUT2D eigenvalue weighted by Gasteiger charge is -2.42. The molecule has 0 unspecified atom stereocenters. The molecule has 0 spiro atoms. The van der Waals surface area contributed by atoms with Crippen molar-refractivity contribution in [3.8, 4) is 11.5 Å². The molecule has 2 aromatic carbocycles. The molecule has 1 aliphatic rings. The van der Waals surface area contributed by atoms with E-state index in [-0.39, 0.29) is 29.3 Å². The number of benzene rings is 2. The number of halogens is 1. The molecule has 0 fully saturated rings. The first kappa shape index (κ1) is 21.4. The summed E-state index contributed by atoms with van der Waals surface area (Å²) in [5.74, 6) is -0.414. The molecule has 7 nitrogen and oxygen atoms in total. The summed E-state index contributed by atoms with van der Waals surface area (Å²) in [5, 5.41) is 12.1. The number of aromatic hydroxyl groups is 1. The number of phenolic OH excluding ortho intramolecular Hbond substituents is 1. The number of ether oxygens (including phenoxy) is 2. The topological polar surface area (TPSA) is 88.1 Å². The van der Waals surface area contributed by atoms with Crippen molar-refractivity contribution in [1.29, 1.82) is 0 Å². The molecule has 8 heteroatoms. The second-order valence-electron chi connectivity index (χ2n) is 8.60. The molecule has 2 aromatic rings. The third-order valence-corrected chi connectivity index (χ3v) is 4.76. The summed E-state index contributed by atoms with van der Waals surface area (Å²) in [6.07, 6.45) is -1.44. The van der Waals surface area contributed by atoms with Gasteiger partial charge in [0.15, 0.2) is 5.82 Å². The second kappa shape index (κ2) is 7.51. The van der Waals surface area contributed by atoms with Crippen molar-refractivity contribution in [2.24, 2.45) is 0 Å². The summed E-state index contributed by atoms with van der Waals surface area (Å²) in [5.41, 5.74) is -0.699. The molecule has 160 valence electrons. The number of phenols is 1. The predicted molar refractivity (Wildman–Crippen MR) is 109 cm³/mol. The fourth-order valence-electron chi connectivity index (χ4n) is 3.27. The molecule has 0 radical (unpaired) electrons. The minimum Gasteiger partial charge on any atom is -0.508 e. The number of anilines is 1. The van der Waals surface area contributed by atoms with Crippen LogP contribution in [0.1, 0.15) is 45.7 Å². The van der Waals surface area contributed by atoms with Crippen LogP contribution in [0.3, 0.4) is 0 Å². The number of carbonyl (C=O) groups excluding carboxylic acids is 2. The molecule has 30 heavy (non-hydrogen) atoms. The predicted octanol–water partition coefficient (Wildman–Crippen LogP) is 5.13. The van der Waals surface area contributed by atoms with Gasteiger partial charge in [0.1, 0.15) is 17.1 Å². The van der Waals surface area contributed by atoms with E-state index < -0.39 is 29.1 Å². The fraction of sp³-hybridized carbons (Fsp3) is 0.364. The highest BCUT2D eigenvalue weighted by atomic mass is 19.1. The van der Waals surface area contributed by atoms with E-state index in [2.05, 4.69) is 5.32 Å². The highest BCUT2D eigenvalue weighted by Crippen LogP contribution is 2.42. The highest BCUT2D eigenvalue weighted by Gasteiger charge is 2.41. The third kappa shape index (κ3) is 4.32. The summed E-state index contributed by atoms with van der Waals surface area (Å²) < 4.78 is 25.6. The first-order valence-corrected chi connectivity index (χ1v) is 9.49. The molecule has 0 aromatic heterocycles. The Balaban J connectivity index is 1.87. The fourth-order valence-corrected chi connectivity index (χ4v) is 3.27. The molecule has 2 amide bonds. The minimum absolute atomic E-state index is 0.0160. The Labute approximate surface area is 174 Å². The first-order chi connectivity index (χ1) is 13.9.